The second kappa shape index (κ2) is 9.37. The fraction of sp³-hybridized carbons (Fsp3) is 0.276. The molecule has 0 saturated heterocycles. The molecule has 1 aliphatic rings. The fourth-order valence-corrected chi connectivity index (χ4v) is 4.74. The van der Waals surface area contributed by atoms with E-state index in [9.17, 15) is 4.79 Å². The van der Waals surface area contributed by atoms with Crippen molar-refractivity contribution in [1.29, 1.82) is 0 Å². The third-order valence-electron chi connectivity index (χ3n) is 6.56. The number of rotatable bonds is 7. The Kier molecular flexibility index (Phi) is 6.12. The SMILES string of the molecule is CCCN(Cc1cc(-c2ccc3c(c2)CC(=O)N3)ccc1C)c1nc(C)nc2cc(OC)ccc12. The molecule has 4 aromatic rings. The van der Waals surface area contributed by atoms with Gasteiger partial charge in [-0.2, -0.15) is 0 Å². The van der Waals surface area contributed by atoms with Crippen molar-refractivity contribution < 1.29 is 9.53 Å². The van der Waals surface area contributed by atoms with Crippen molar-refractivity contribution in [2.24, 2.45) is 0 Å². The highest BCUT2D eigenvalue weighted by Crippen LogP contribution is 2.32. The van der Waals surface area contributed by atoms with Crippen LogP contribution in [0.5, 0.6) is 5.75 Å². The maximum atomic E-state index is 11.8. The van der Waals surface area contributed by atoms with Crippen molar-refractivity contribution in [3.8, 4) is 16.9 Å². The van der Waals surface area contributed by atoms with Crippen molar-refractivity contribution in [1.82, 2.24) is 9.97 Å². The molecule has 0 aliphatic carbocycles. The van der Waals surface area contributed by atoms with Gasteiger partial charge in [0, 0.05) is 30.2 Å². The molecule has 0 spiro atoms. The largest absolute Gasteiger partial charge is 0.497 e. The second-order valence-electron chi connectivity index (χ2n) is 9.14. The molecule has 0 saturated carbocycles. The maximum Gasteiger partial charge on any atom is 0.228 e. The molecule has 0 bridgehead atoms. The van der Waals surface area contributed by atoms with E-state index in [0.29, 0.717) is 6.42 Å². The summed E-state index contributed by atoms with van der Waals surface area (Å²) in [4.78, 5) is 23.6. The Bertz CT molecular complexity index is 1430. The minimum Gasteiger partial charge on any atom is -0.497 e. The number of ether oxygens (including phenoxy) is 1. The molecule has 1 aliphatic heterocycles. The summed E-state index contributed by atoms with van der Waals surface area (Å²) in [6.45, 7) is 7.91. The van der Waals surface area contributed by atoms with E-state index >= 15 is 0 Å². The molecule has 2 heterocycles. The first-order valence-corrected chi connectivity index (χ1v) is 12.0. The van der Waals surface area contributed by atoms with Crippen molar-refractivity contribution in [3.63, 3.8) is 0 Å². The Balaban J connectivity index is 1.52. The van der Waals surface area contributed by atoms with E-state index in [2.05, 4.69) is 65.4 Å². The lowest BCUT2D eigenvalue weighted by Crippen LogP contribution is -2.25. The lowest BCUT2D eigenvalue weighted by molar-refractivity contribution is -0.115. The van der Waals surface area contributed by atoms with Gasteiger partial charge in [0.25, 0.3) is 0 Å². The van der Waals surface area contributed by atoms with Crippen molar-refractivity contribution in [2.45, 2.75) is 40.2 Å². The van der Waals surface area contributed by atoms with Crippen LogP contribution >= 0.6 is 0 Å². The number of aryl methyl sites for hydroxylation is 2. The number of amides is 1. The smallest absolute Gasteiger partial charge is 0.228 e. The van der Waals surface area contributed by atoms with E-state index < -0.39 is 0 Å². The standard InChI is InChI=1S/C29H30N4O2/c1-5-12-33(29-25-10-9-24(35-4)16-27(25)30-19(3)31-29)17-23-14-20(7-6-18(23)2)21-8-11-26-22(13-21)15-28(34)32-26/h6-11,13-14,16H,5,12,15,17H2,1-4H3,(H,32,34). The van der Waals surface area contributed by atoms with E-state index in [1.165, 1.54) is 11.1 Å². The molecule has 0 unspecified atom stereocenters. The number of carbonyl (C=O) groups excluding carboxylic acids is 1. The van der Waals surface area contributed by atoms with Gasteiger partial charge < -0.3 is 15.0 Å². The van der Waals surface area contributed by atoms with Crippen LogP contribution in [0.2, 0.25) is 0 Å². The molecule has 3 aromatic carbocycles. The van der Waals surface area contributed by atoms with Gasteiger partial charge in [-0.1, -0.05) is 25.1 Å². The van der Waals surface area contributed by atoms with Crippen LogP contribution in [-0.4, -0.2) is 29.5 Å². The van der Waals surface area contributed by atoms with Gasteiger partial charge in [-0.3, -0.25) is 4.79 Å². The quantitative estimate of drug-likeness (QED) is 0.371. The molecule has 178 valence electrons. The maximum absolute atomic E-state index is 11.8. The summed E-state index contributed by atoms with van der Waals surface area (Å²) < 4.78 is 5.41. The van der Waals surface area contributed by atoms with Gasteiger partial charge in [-0.15, -0.1) is 0 Å². The van der Waals surface area contributed by atoms with Gasteiger partial charge in [-0.05, 0) is 78.4 Å². The highest BCUT2D eigenvalue weighted by molar-refractivity contribution is 5.99. The number of fused-ring (bicyclic) bond motifs is 2. The molecule has 0 fully saturated rings. The number of hydrogen-bond donors (Lipinski definition) is 1. The first kappa shape index (κ1) is 22.8. The summed E-state index contributed by atoms with van der Waals surface area (Å²) in [5.74, 6) is 2.54. The van der Waals surface area contributed by atoms with Gasteiger partial charge in [-0.25, -0.2) is 9.97 Å². The molecule has 1 amide bonds. The lowest BCUT2D eigenvalue weighted by atomic mass is 9.97. The van der Waals surface area contributed by atoms with Crippen LogP contribution in [0, 0.1) is 13.8 Å². The Morgan fingerprint density at radius 2 is 1.80 bits per heavy atom. The minimum absolute atomic E-state index is 0.0574. The summed E-state index contributed by atoms with van der Waals surface area (Å²) in [7, 11) is 1.67. The van der Waals surface area contributed by atoms with E-state index in [4.69, 9.17) is 9.72 Å². The Morgan fingerprint density at radius 3 is 2.60 bits per heavy atom. The zero-order valence-electron chi connectivity index (χ0n) is 20.7. The van der Waals surface area contributed by atoms with Crippen LogP contribution in [0.25, 0.3) is 22.0 Å². The Labute approximate surface area is 206 Å². The average Bonchev–Trinajstić information content (AvgIpc) is 3.23. The van der Waals surface area contributed by atoms with Crippen LogP contribution in [0.1, 0.15) is 35.9 Å². The van der Waals surface area contributed by atoms with Crippen molar-refractivity contribution >= 4 is 28.3 Å². The molecule has 5 rings (SSSR count). The number of nitrogens with zero attached hydrogens (tertiary/aromatic N) is 3. The minimum atomic E-state index is 0.0574. The van der Waals surface area contributed by atoms with Crippen molar-refractivity contribution in [3.05, 3.63) is 77.1 Å². The third-order valence-corrected chi connectivity index (χ3v) is 6.56. The normalized spacial score (nSPS) is 12.5. The summed E-state index contributed by atoms with van der Waals surface area (Å²) in [6.07, 6.45) is 1.45. The Morgan fingerprint density at radius 1 is 1.00 bits per heavy atom. The molecular weight excluding hydrogens is 436 g/mol. The molecule has 6 heteroatoms. The predicted octanol–water partition coefficient (Wildman–Crippen LogP) is 5.83. The first-order chi connectivity index (χ1) is 16.9. The number of anilines is 2. The monoisotopic (exact) mass is 466 g/mol. The average molecular weight is 467 g/mol. The molecule has 1 N–H and O–H groups in total. The van der Waals surface area contributed by atoms with Crippen LogP contribution < -0.4 is 15.0 Å². The highest BCUT2D eigenvalue weighted by Gasteiger charge is 2.19. The number of aromatic nitrogens is 2. The van der Waals surface area contributed by atoms with Gasteiger partial charge in [0.05, 0.1) is 19.0 Å². The molecule has 0 radical (unpaired) electrons. The molecule has 35 heavy (non-hydrogen) atoms. The number of benzene rings is 3. The zero-order valence-corrected chi connectivity index (χ0v) is 20.7. The molecular formula is C29H30N4O2. The first-order valence-electron chi connectivity index (χ1n) is 12.0. The van der Waals surface area contributed by atoms with E-state index in [0.717, 1.165) is 70.2 Å². The van der Waals surface area contributed by atoms with Crippen LogP contribution in [0.4, 0.5) is 11.5 Å². The van der Waals surface area contributed by atoms with Crippen LogP contribution in [0.3, 0.4) is 0 Å². The van der Waals surface area contributed by atoms with Crippen LogP contribution in [-0.2, 0) is 17.8 Å². The van der Waals surface area contributed by atoms with Gasteiger partial charge in [0.1, 0.15) is 17.4 Å². The number of nitrogens with one attached hydrogen (secondary N) is 1. The van der Waals surface area contributed by atoms with Crippen molar-refractivity contribution in [2.75, 3.05) is 23.9 Å². The summed E-state index contributed by atoms with van der Waals surface area (Å²) in [5.41, 5.74) is 7.63. The predicted molar refractivity (Wildman–Crippen MR) is 141 cm³/mol. The topological polar surface area (TPSA) is 67.4 Å². The molecule has 0 atom stereocenters. The van der Waals surface area contributed by atoms with Gasteiger partial charge >= 0.3 is 0 Å². The van der Waals surface area contributed by atoms with Crippen LogP contribution in [0.15, 0.2) is 54.6 Å². The van der Waals surface area contributed by atoms with E-state index in [1.54, 1.807) is 7.11 Å². The van der Waals surface area contributed by atoms with E-state index in [-0.39, 0.29) is 5.91 Å². The second-order valence-corrected chi connectivity index (χ2v) is 9.14. The third kappa shape index (κ3) is 4.56. The number of carbonyl (C=O) groups is 1. The van der Waals surface area contributed by atoms with E-state index in [1.807, 2.05) is 25.1 Å². The summed E-state index contributed by atoms with van der Waals surface area (Å²) in [5, 5.41) is 3.94. The summed E-state index contributed by atoms with van der Waals surface area (Å²) in [6, 6.07) is 18.8. The number of methoxy groups -OCH3 is 1. The molecule has 6 nitrogen and oxygen atoms in total. The molecule has 1 aromatic heterocycles. The Hall–Kier alpha value is -3.93. The highest BCUT2D eigenvalue weighted by atomic mass is 16.5. The fourth-order valence-electron chi connectivity index (χ4n) is 4.74. The number of hydrogen-bond acceptors (Lipinski definition) is 5. The van der Waals surface area contributed by atoms with Gasteiger partial charge in [0.15, 0.2) is 0 Å². The van der Waals surface area contributed by atoms with Gasteiger partial charge in [0.2, 0.25) is 5.91 Å². The lowest BCUT2D eigenvalue weighted by Gasteiger charge is -2.26. The summed E-state index contributed by atoms with van der Waals surface area (Å²) >= 11 is 0. The zero-order chi connectivity index (χ0) is 24.5.